The third-order valence-electron chi connectivity index (χ3n) is 4.33. The van der Waals surface area contributed by atoms with Crippen LogP contribution in [0.1, 0.15) is 19.3 Å². The monoisotopic (exact) mass is 304 g/mol. The van der Waals surface area contributed by atoms with E-state index in [0.29, 0.717) is 23.3 Å². The van der Waals surface area contributed by atoms with E-state index in [2.05, 4.69) is 0 Å². The number of fused-ring (bicyclic) bond motifs is 3. The lowest BCUT2D eigenvalue weighted by atomic mass is 9.86. The molecule has 22 heavy (non-hydrogen) atoms. The minimum atomic E-state index is -0.884. The van der Waals surface area contributed by atoms with Crippen LogP contribution in [0.2, 0.25) is 0 Å². The maximum atomic E-state index is 14.5. The largest absolute Gasteiger partial charge is 0.505 e. The summed E-state index contributed by atoms with van der Waals surface area (Å²) in [7, 11) is 0. The van der Waals surface area contributed by atoms with E-state index in [0.717, 1.165) is 12.8 Å². The molecule has 1 aliphatic carbocycles. The van der Waals surface area contributed by atoms with Crippen molar-refractivity contribution in [1.82, 2.24) is 0 Å². The summed E-state index contributed by atoms with van der Waals surface area (Å²) in [5.74, 6) is -1.44. The predicted octanol–water partition coefficient (Wildman–Crippen LogP) is 4.75. The zero-order valence-electron chi connectivity index (χ0n) is 11.7. The Kier molecular flexibility index (Phi) is 2.96. The number of benzene rings is 2. The van der Waals surface area contributed by atoms with Gasteiger partial charge in [0.15, 0.2) is 22.7 Å². The van der Waals surface area contributed by atoms with Gasteiger partial charge in [-0.2, -0.15) is 8.78 Å². The smallest absolute Gasteiger partial charge is 0.208 e. The molecule has 0 amide bonds. The summed E-state index contributed by atoms with van der Waals surface area (Å²) in [6.45, 7) is 0.484. The van der Waals surface area contributed by atoms with Crippen LogP contribution in [0.15, 0.2) is 28.7 Å². The Morgan fingerprint density at radius 3 is 2.41 bits per heavy atom. The molecule has 0 spiro atoms. The second-order valence-corrected chi connectivity index (χ2v) is 5.74. The van der Waals surface area contributed by atoms with Crippen LogP contribution < -0.4 is 4.74 Å². The van der Waals surface area contributed by atoms with E-state index in [1.165, 1.54) is 24.6 Å². The Morgan fingerprint density at radius 2 is 1.73 bits per heavy atom. The van der Waals surface area contributed by atoms with Crippen molar-refractivity contribution in [2.24, 2.45) is 5.92 Å². The van der Waals surface area contributed by atoms with Crippen LogP contribution in [-0.2, 0) is 0 Å². The molecule has 4 rings (SSSR count). The molecule has 1 aliphatic rings. The lowest BCUT2D eigenvalue weighted by Crippen LogP contribution is -2.19. The van der Waals surface area contributed by atoms with E-state index in [9.17, 15) is 13.9 Å². The normalized spacial score (nSPS) is 15.4. The van der Waals surface area contributed by atoms with Crippen molar-refractivity contribution < 1.29 is 23.0 Å². The number of ether oxygens (including phenoxy) is 1. The van der Waals surface area contributed by atoms with Gasteiger partial charge < -0.3 is 14.3 Å². The van der Waals surface area contributed by atoms with Gasteiger partial charge in [0.25, 0.3) is 0 Å². The molecule has 114 valence electrons. The van der Waals surface area contributed by atoms with Crippen LogP contribution in [0.5, 0.6) is 11.5 Å². The molecule has 0 unspecified atom stereocenters. The second kappa shape index (κ2) is 4.87. The minimum absolute atomic E-state index is 0.0504. The summed E-state index contributed by atoms with van der Waals surface area (Å²) in [4.78, 5) is 0. The molecule has 5 heteroatoms. The highest BCUT2D eigenvalue weighted by atomic mass is 19.1. The summed E-state index contributed by atoms with van der Waals surface area (Å²) < 4.78 is 39.2. The Hall–Kier alpha value is -2.30. The fourth-order valence-electron chi connectivity index (χ4n) is 2.79. The van der Waals surface area contributed by atoms with Crippen molar-refractivity contribution in [3.8, 4) is 11.5 Å². The fraction of sp³-hybridized carbons (Fsp3) is 0.294. The highest BCUT2D eigenvalue weighted by Gasteiger charge is 2.21. The number of hydrogen-bond acceptors (Lipinski definition) is 3. The van der Waals surface area contributed by atoms with Crippen molar-refractivity contribution in [2.75, 3.05) is 6.61 Å². The second-order valence-electron chi connectivity index (χ2n) is 5.74. The van der Waals surface area contributed by atoms with Crippen molar-refractivity contribution in [3.63, 3.8) is 0 Å². The molecule has 3 nitrogen and oxygen atoms in total. The Bertz CT molecular complexity index is 865. The molecular formula is C17H14F2O3. The molecule has 1 aromatic heterocycles. The summed E-state index contributed by atoms with van der Waals surface area (Å²) in [5.41, 5.74) is -0.198. The van der Waals surface area contributed by atoms with Crippen molar-refractivity contribution in [2.45, 2.75) is 19.3 Å². The van der Waals surface area contributed by atoms with Gasteiger partial charge in [-0.25, -0.2) is 0 Å². The quantitative estimate of drug-likeness (QED) is 0.759. The number of aromatic hydroxyl groups is 1. The average molecular weight is 304 g/mol. The first-order valence-electron chi connectivity index (χ1n) is 7.30. The van der Waals surface area contributed by atoms with Gasteiger partial charge in [0, 0.05) is 10.8 Å². The first kappa shape index (κ1) is 13.4. The van der Waals surface area contributed by atoms with Gasteiger partial charge in [0.05, 0.1) is 6.61 Å². The zero-order valence-corrected chi connectivity index (χ0v) is 11.7. The highest BCUT2D eigenvalue weighted by Crippen LogP contribution is 2.38. The van der Waals surface area contributed by atoms with Gasteiger partial charge in [-0.15, -0.1) is 0 Å². The first-order valence-corrected chi connectivity index (χ1v) is 7.30. The zero-order chi connectivity index (χ0) is 15.3. The summed E-state index contributed by atoms with van der Waals surface area (Å²) in [5, 5.41) is 10.3. The molecule has 2 aromatic carbocycles. The van der Waals surface area contributed by atoms with E-state index < -0.39 is 17.4 Å². The third kappa shape index (κ3) is 1.92. The van der Waals surface area contributed by atoms with E-state index in [4.69, 9.17) is 9.15 Å². The molecule has 0 radical (unpaired) electrons. The predicted molar refractivity (Wildman–Crippen MR) is 78.1 cm³/mol. The number of halogens is 2. The molecular weight excluding hydrogens is 290 g/mol. The Labute approximate surface area is 125 Å². The number of phenolic OH excluding ortho intramolecular Hbond substituents is 1. The van der Waals surface area contributed by atoms with Crippen LogP contribution >= 0.6 is 0 Å². The SMILES string of the molecule is Oc1ccc2c(oc3c(F)c(OCC4CCC4)ccc32)c1F. The molecule has 0 bridgehead atoms. The molecule has 1 heterocycles. The van der Waals surface area contributed by atoms with Crippen LogP contribution in [-0.4, -0.2) is 11.7 Å². The van der Waals surface area contributed by atoms with Gasteiger partial charge >= 0.3 is 0 Å². The van der Waals surface area contributed by atoms with Gasteiger partial charge in [-0.3, -0.25) is 0 Å². The topological polar surface area (TPSA) is 42.6 Å². The van der Waals surface area contributed by atoms with E-state index in [1.54, 1.807) is 6.07 Å². The van der Waals surface area contributed by atoms with Crippen LogP contribution in [0.4, 0.5) is 8.78 Å². The van der Waals surface area contributed by atoms with Crippen molar-refractivity contribution in [3.05, 3.63) is 35.9 Å². The van der Waals surface area contributed by atoms with Gasteiger partial charge in [-0.05, 0) is 43.0 Å². The molecule has 1 fully saturated rings. The number of rotatable bonds is 3. The standard InChI is InChI=1S/C17H14F2O3/c18-14-12(20)6-4-10-11-5-7-13(21-8-9-2-1-3-9)15(19)17(11)22-16(10)14/h4-7,9,20H,1-3,8H2. The van der Waals surface area contributed by atoms with Gasteiger partial charge in [-0.1, -0.05) is 6.42 Å². The maximum absolute atomic E-state index is 14.5. The van der Waals surface area contributed by atoms with Crippen LogP contribution in [0, 0.1) is 17.6 Å². The number of furan rings is 1. The Balaban J connectivity index is 1.80. The van der Waals surface area contributed by atoms with E-state index in [1.807, 2.05) is 0 Å². The number of phenols is 1. The molecule has 0 aliphatic heterocycles. The highest BCUT2D eigenvalue weighted by molar-refractivity contribution is 6.06. The minimum Gasteiger partial charge on any atom is -0.505 e. The average Bonchev–Trinajstić information content (AvgIpc) is 2.84. The van der Waals surface area contributed by atoms with Crippen molar-refractivity contribution in [1.29, 1.82) is 0 Å². The summed E-state index contributed by atoms with van der Waals surface area (Å²) in [6, 6.07) is 5.92. The third-order valence-corrected chi connectivity index (χ3v) is 4.33. The molecule has 0 atom stereocenters. The van der Waals surface area contributed by atoms with Crippen molar-refractivity contribution >= 4 is 21.9 Å². The summed E-state index contributed by atoms with van der Waals surface area (Å²) in [6.07, 6.45) is 3.42. The Morgan fingerprint density at radius 1 is 1.05 bits per heavy atom. The van der Waals surface area contributed by atoms with Crippen LogP contribution in [0.25, 0.3) is 21.9 Å². The summed E-state index contributed by atoms with van der Waals surface area (Å²) >= 11 is 0. The van der Waals surface area contributed by atoms with Gasteiger partial charge in [0.1, 0.15) is 0 Å². The van der Waals surface area contributed by atoms with Gasteiger partial charge in [0.2, 0.25) is 11.6 Å². The fourth-order valence-corrected chi connectivity index (χ4v) is 2.79. The van der Waals surface area contributed by atoms with E-state index in [-0.39, 0.29) is 16.9 Å². The maximum Gasteiger partial charge on any atom is 0.208 e. The van der Waals surface area contributed by atoms with E-state index >= 15 is 0 Å². The number of hydrogen-bond donors (Lipinski definition) is 1. The lowest BCUT2D eigenvalue weighted by Gasteiger charge is -2.25. The molecule has 1 N–H and O–H groups in total. The molecule has 1 saturated carbocycles. The first-order chi connectivity index (χ1) is 10.6. The van der Waals surface area contributed by atoms with Crippen LogP contribution in [0.3, 0.4) is 0 Å². The lowest BCUT2D eigenvalue weighted by molar-refractivity contribution is 0.175. The molecule has 0 saturated heterocycles. The molecule has 3 aromatic rings.